The number of ether oxygens (including phenoxy) is 2. The summed E-state index contributed by atoms with van der Waals surface area (Å²) >= 11 is 0. The highest BCUT2D eigenvalue weighted by atomic mass is 19.4. The van der Waals surface area contributed by atoms with Crippen molar-refractivity contribution in [2.45, 2.75) is 18.7 Å². The molecule has 2 rings (SSSR count). The van der Waals surface area contributed by atoms with Crippen LogP contribution in [-0.2, 0) is 15.7 Å². The quantitative estimate of drug-likeness (QED) is 0.683. The van der Waals surface area contributed by atoms with Crippen molar-refractivity contribution in [3.05, 3.63) is 33.9 Å². The summed E-state index contributed by atoms with van der Waals surface area (Å²) in [6, 6.07) is 1.81. The third kappa shape index (κ3) is 4.07. The fraction of sp³-hybridized carbons (Fsp3) is 0.417. The number of nitrogens with zero attached hydrogens (tertiary/aromatic N) is 1. The predicted octanol–water partition coefficient (Wildman–Crippen LogP) is 2.95. The molecule has 1 amide bonds. The van der Waals surface area contributed by atoms with Crippen LogP contribution in [0.4, 0.5) is 29.3 Å². The first-order valence-electron chi connectivity index (χ1n) is 6.18. The molecule has 0 spiro atoms. The van der Waals surface area contributed by atoms with Gasteiger partial charge in [-0.2, -0.15) is 13.2 Å². The maximum absolute atomic E-state index is 12.7. The minimum absolute atomic E-state index is 0.205. The van der Waals surface area contributed by atoms with Gasteiger partial charge in [-0.05, 0) is 6.07 Å². The van der Waals surface area contributed by atoms with Crippen molar-refractivity contribution in [2.75, 3.05) is 18.5 Å². The number of anilines is 1. The molecule has 22 heavy (non-hydrogen) atoms. The Kier molecular flexibility index (Phi) is 4.50. The first-order chi connectivity index (χ1) is 10.3. The molecular weight excluding hydrogens is 309 g/mol. The van der Waals surface area contributed by atoms with Gasteiger partial charge >= 0.3 is 12.3 Å². The standard InChI is InChI=1S/C12H11F3N2O5/c13-12(14,15)7-3-8(5-9(4-7)17(19)20)16-11(18)22-10-1-2-21-6-10/h3-5,10H,1-2,6H2,(H,16,18). The fourth-order valence-electron chi connectivity index (χ4n) is 1.86. The molecule has 0 radical (unpaired) electrons. The minimum Gasteiger partial charge on any atom is -0.443 e. The number of rotatable bonds is 3. The molecule has 1 aliphatic heterocycles. The Hall–Kier alpha value is -2.36. The van der Waals surface area contributed by atoms with E-state index in [1.54, 1.807) is 0 Å². The molecule has 1 aliphatic rings. The van der Waals surface area contributed by atoms with Crippen LogP contribution >= 0.6 is 0 Å². The van der Waals surface area contributed by atoms with E-state index in [-0.39, 0.29) is 12.3 Å². The number of halogens is 3. The molecule has 1 N–H and O–H groups in total. The Morgan fingerprint density at radius 1 is 1.41 bits per heavy atom. The lowest BCUT2D eigenvalue weighted by Gasteiger charge is -2.13. The zero-order valence-corrected chi connectivity index (χ0v) is 11.1. The predicted molar refractivity (Wildman–Crippen MR) is 67.4 cm³/mol. The second-order valence-corrected chi connectivity index (χ2v) is 4.54. The van der Waals surface area contributed by atoms with Crippen molar-refractivity contribution in [3.8, 4) is 0 Å². The normalized spacial score (nSPS) is 18.0. The van der Waals surface area contributed by atoms with Gasteiger partial charge in [0.15, 0.2) is 0 Å². The highest BCUT2D eigenvalue weighted by molar-refractivity contribution is 5.85. The van der Waals surface area contributed by atoms with Crippen LogP contribution in [0.2, 0.25) is 0 Å². The molecule has 1 unspecified atom stereocenters. The number of nitrogens with one attached hydrogen (secondary N) is 1. The van der Waals surface area contributed by atoms with Gasteiger partial charge in [0.1, 0.15) is 6.10 Å². The molecule has 0 aromatic heterocycles. The van der Waals surface area contributed by atoms with Crippen LogP contribution in [0.1, 0.15) is 12.0 Å². The Morgan fingerprint density at radius 3 is 2.68 bits per heavy atom. The van der Waals surface area contributed by atoms with Crippen LogP contribution < -0.4 is 5.32 Å². The highest BCUT2D eigenvalue weighted by Gasteiger charge is 2.33. The van der Waals surface area contributed by atoms with Crippen molar-refractivity contribution < 1.29 is 32.4 Å². The van der Waals surface area contributed by atoms with E-state index in [2.05, 4.69) is 5.32 Å². The number of nitro groups is 1. The molecular formula is C12H11F3N2O5. The maximum Gasteiger partial charge on any atom is 0.416 e. The Bertz CT molecular complexity index is 585. The van der Waals surface area contributed by atoms with Crippen LogP contribution in [-0.4, -0.2) is 30.3 Å². The van der Waals surface area contributed by atoms with E-state index >= 15 is 0 Å². The van der Waals surface area contributed by atoms with Crippen molar-refractivity contribution in [1.82, 2.24) is 0 Å². The number of nitro benzene ring substituents is 1. The molecule has 1 fully saturated rings. The van der Waals surface area contributed by atoms with E-state index < -0.39 is 34.5 Å². The molecule has 1 aromatic carbocycles. The smallest absolute Gasteiger partial charge is 0.416 e. The summed E-state index contributed by atoms with van der Waals surface area (Å²) in [6.07, 6.45) is -5.77. The Labute approximate surface area is 122 Å². The van der Waals surface area contributed by atoms with E-state index in [0.29, 0.717) is 25.2 Å². The number of carbonyl (C=O) groups excluding carboxylic acids is 1. The fourth-order valence-corrected chi connectivity index (χ4v) is 1.86. The third-order valence-corrected chi connectivity index (χ3v) is 2.86. The van der Waals surface area contributed by atoms with Gasteiger partial charge in [0, 0.05) is 18.6 Å². The van der Waals surface area contributed by atoms with Gasteiger partial charge in [-0.25, -0.2) is 4.79 Å². The monoisotopic (exact) mass is 320 g/mol. The number of hydrogen-bond donors (Lipinski definition) is 1. The zero-order valence-electron chi connectivity index (χ0n) is 11.1. The average Bonchev–Trinajstić information content (AvgIpc) is 2.89. The van der Waals surface area contributed by atoms with Gasteiger partial charge in [0.05, 0.1) is 29.4 Å². The summed E-state index contributed by atoms with van der Waals surface area (Å²) in [5, 5.41) is 12.7. The minimum atomic E-state index is -4.77. The molecule has 0 bridgehead atoms. The molecule has 7 nitrogen and oxygen atoms in total. The van der Waals surface area contributed by atoms with E-state index in [9.17, 15) is 28.1 Å². The van der Waals surface area contributed by atoms with Crippen molar-refractivity contribution in [2.24, 2.45) is 0 Å². The van der Waals surface area contributed by atoms with Gasteiger partial charge in [-0.3, -0.25) is 15.4 Å². The van der Waals surface area contributed by atoms with Crippen LogP contribution in [0.15, 0.2) is 18.2 Å². The molecule has 10 heteroatoms. The molecule has 1 saturated heterocycles. The molecule has 120 valence electrons. The number of carbonyl (C=O) groups is 1. The second-order valence-electron chi connectivity index (χ2n) is 4.54. The summed E-state index contributed by atoms with van der Waals surface area (Å²) in [4.78, 5) is 21.3. The molecule has 1 aromatic rings. The van der Waals surface area contributed by atoms with E-state index in [0.717, 1.165) is 6.07 Å². The number of non-ortho nitro benzene ring substituents is 1. The number of amides is 1. The first kappa shape index (κ1) is 16.0. The van der Waals surface area contributed by atoms with Crippen molar-refractivity contribution in [1.29, 1.82) is 0 Å². The summed E-state index contributed by atoms with van der Waals surface area (Å²) in [6.45, 7) is 0.628. The highest BCUT2D eigenvalue weighted by Crippen LogP contribution is 2.34. The molecule has 0 aliphatic carbocycles. The summed E-state index contributed by atoms with van der Waals surface area (Å²) < 4.78 is 48.0. The van der Waals surface area contributed by atoms with E-state index in [1.807, 2.05) is 0 Å². The van der Waals surface area contributed by atoms with Crippen LogP contribution in [0, 0.1) is 10.1 Å². The van der Waals surface area contributed by atoms with Gasteiger partial charge in [0.2, 0.25) is 0 Å². The lowest BCUT2D eigenvalue weighted by atomic mass is 10.1. The van der Waals surface area contributed by atoms with Gasteiger partial charge in [0.25, 0.3) is 5.69 Å². The molecule has 0 saturated carbocycles. The van der Waals surface area contributed by atoms with Crippen LogP contribution in [0.3, 0.4) is 0 Å². The molecule has 1 atom stereocenters. The summed E-state index contributed by atoms with van der Waals surface area (Å²) in [5.74, 6) is 0. The van der Waals surface area contributed by atoms with Gasteiger partial charge in [-0.1, -0.05) is 0 Å². The van der Waals surface area contributed by atoms with Crippen LogP contribution in [0.25, 0.3) is 0 Å². The van der Waals surface area contributed by atoms with Gasteiger partial charge in [-0.15, -0.1) is 0 Å². The molecule has 1 heterocycles. The topological polar surface area (TPSA) is 90.7 Å². The Balaban J connectivity index is 2.16. The largest absolute Gasteiger partial charge is 0.443 e. The Morgan fingerprint density at radius 2 is 2.14 bits per heavy atom. The second kappa shape index (κ2) is 6.18. The summed E-state index contributed by atoms with van der Waals surface area (Å²) in [5.41, 5.74) is -2.39. The lowest BCUT2D eigenvalue weighted by molar-refractivity contribution is -0.385. The lowest BCUT2D eigenvalue weighted by Crippen LogP contribution is -2.22. The van der Waals surface area contributed by atoms with Crippen molar-refractivity contribution in [3.63, 3.8) is 0 Å². The number of alkyl halides is 3. The SMILES string of the molecule is O=C(Nc1cc([N+](=O)[O-])cc(C(F)(F)F)c1)OC1CCOC1. The third-order valence-electron chi connectivity index (χ3n) is 2.86. The van der Waals surface area contributed by atoms with E-state index in [1.165, 1.54) is 0 Å². The van der Waals surface area contributed by atoms with Crippen molar-refractivity contribution >= 4 is 17.5 Å². The summed E-state index contributed by atoms with van der Waals surface area (Å²) in [7, 11) is 0. The average molecular weight is 320 g/mol. The maximum atomic E-state index is 12.7. The first-order valence-corrected chi connectivity index (χ1v) is 6.18. The van der Waals surface area contributed by atoms with Gasteiger partial charge < -0.3 is 9.47 Å². The number of benzene rings is 1. The zero-order chi connectivity index (χ0) is 16.3. The number of hydrogen-bond acceptors (Lipinski definition) is 5. The van der Waals surface area contributed by atoms with E-state index in [4.69, 9.17) is 9.47 Å². The van der Waals surface area contributed by atoms with Crippen LogP contribution in [0.5, 0.6) is 0 Å².